The van der Waals surface area contributed by atoms with E-state index < -0.39 is 0 Å². The second-order valence-corrected chi connectivity index (χ2v) is 1.95. The van der Waals surface area contributed by atoms with Crippen LogP contribution < -0.4 is 11.2 Å². The normalized spacial score (nSPS) is 9.44. The molecule has 1 rings (SSSR count). The van der Waals surface area contributed by atoms with Crippen LogP contribution in [-0.2, 0) is 0 Å². The average Bonchev–Trinajstić information content (AvgIpc) is 1.80. The smallest absolute Gasteiger partial charge is 0.118 e. The van der Waals surface area contributed by atoms with E-state index in [-0.39, 0.29) is 0 Å². The third kappa shape index (κ3) is 1.22. The SMILES string of the molecule is [B]c1cnc(C)cc1N. The van der Waals surface area contributed by atoms with Crippen LogP contribution in [0.5, 0.6) is 0 Å². The molecule has 2 radical (unpaired) electrons. The highest BCUT2D eigenvalue weighted by Gasteiger charge is 1.90. The maximum absolute atomic E-state index is 5.46. The summed E-state index contributed by atoms with van der Waals surface area (Å²) in [5.74, 6) is 0. The van der Waals surface area contributed by atoms with Crippen LogP contribution in [0.1, 0.15) is 5.69 Å². The van der Waals surface area contributed by atoms with Crippen molar-refractivity contribution in [2.24, 2.45) is 0 Å². The van der Waals surface area contributed by atoms with Crippen molar-refractivity contribution < 1.29 is 0 Å². The Balaban J connectivity index is 3.17. The fraction of sp³-hybridized carbons (Fsp3) is 0.167. The van der Waals surface area contributed by atoms with Gasteiger partial charge in [-0.2, -0.15) is 0 Å². The summed E-state index contributed by atoms with van der Waals surface area (Å²) in [6, 6.07) is 1.75. The molecule has 2 N–H and O–H groups in total. The van der Waals surface area contributed by atoms with Gasteiger partial charge in [-0.15, -0.1) is 0 Å². The van der Waals surface area contributed by atoms with E-state index in [1.54, 1.807) is 12.3 Å². The molecule has 0 spiro atoms. The highest BCUT2D eigenvalue weighted by Crippen LogP contribution is 1.96. The molecule has 1 heterocycles. The quantitative estimate of drug-likeness (QED) is 0.477. The van der Waals surface area contributed by atoms with E-state index in [4.69, 9.17) is 13.6 Å². The van der Waals surface area contributed by atoms with Crippen molar-refractivity contribution in [3.8, 4) is 0 Å². The summed E-state index contributed by atoms with van der Waals surface area (Å²) >= 11 is 0. The van der Waals surface area contributed by atoms with Gasteiger partial charge in [-0.25, -0.2) is 0 Å². The Morgan fingerprint density at radius 3 is 2.78 bits per heavy atom. The fourth-order valence-electron chi connectivity index (χ4n) is 0.592. The molecule has 0 unspecified atom stereocenters. The van der Waals surface area contributed by atoms with Crippen molar-refractivity contribution in [3.63, 3.8) is 0 Å². The highest BCUT2D eigenvalue weighted by molar-refractivity contribution is 6.35. The van der Waals surface area contributed by atoms with Crippen LogP contribution in [0.25, 0.3) is 0 Å². The first-order valence-corrected chi connectivity index (χ1v) is 2.68. The van der Waals surface area contributed by atoms with E-state index in [1.807, 2.05) is 6.92 Å². The monoisotopic (exact) mass is 118 g/mol. The van der Waals surface area contributed by atoms with Gasteiger partial charge < -0.3 is 5.73 Å². The Bertz CT molecular complexity index is 222. The van der Waals surface area contributed by atoms with Gasteiger partial charge in [-0.05, 0) is 13.0 Å². The van der Waals surface area contributed by atoms with E-state index >= 15 is 0 Å². The topological polar surface area (TPSA) is 38.9 Å². The van der Waals surface area contributed by atoms with Crippen LogP contribution in [0.3, 0.4) is 0 Å². The number of nitrogens with zero attached hydrogens (tertiary/aromatic N) is 1. The molecule has 0 saturated carbocycles. The number of hydrogen-bond acceptors (Lipinski definition) is 2. The number of anilines is 1. The molecule has 0 atom stereocenters. The Morgan fingerprint density at radius 2 is 2.33 bits per heavy atom. The molecule has 0 aliphatic rings. The van der Waals surface area contributed by atoms with Crippen molar-refractivity contribution in [1.29, 1.82) is 0 Å². The van der Waals surface area contributed by atoms with E-state index in [0.29, 0.717) is 11.2 Å². The third-order valence-corrected chi connectivity index (χ3v) is 1.10. The number of nitrogens with two attached hydrogens (primary N) is 1. The van der Waals surface area contributed by atoms with Gasteiger partial charge >= 0.3 is 0 Å². The minimum atomic E-state index is 0.542. The van der Waals surface area contributed by atoms with Crippen LogP contribution in [0.4, 0.5) is 5.69 Å². The molecule has 1 aromatic rings. The lowest BCUT2D eigenvalue weighted by molar-refractivity contribution is 1.22. The molecule has 0 saturated heterocycles. The van der Waals surface area contributed by atoms with Crippen LogP contribution in [0, 0.1) is 6.92 Å². The maximum atomic E-state index is 5.46. The van der Waals surface area contributed by atoms with Gasteiger partial charge in [0.25, 0.3) is 0 Å². The Hall–Kier alpha value is -0.985. The van der Waals surface area contributed by atoms with Crippen molar-refractivity contribution >= 4 is 19.0 Å². The van der Waals surface area contributed by atoms with Crippen LogP contribution in [0.2, 0.25) is 0 Å². The van der Waals surface area contributed by atoms with Gasteiger partial charge in [-0.1, -0.05) is 5.46 Å². The molecular weight excluding hydrogens is 111 g/mol. The number of hydrogen-bond donors (Lipinski definition) is 1. The standard InChI is InChI=1S/C6H7BN2/c1-4-2-6(8)5(7)3-9-4/h2-3H,1H3,(H2,8,9). The molecule has 0 bridgehead atoms. The summed E-state index contributed by atoms with van der Waals surface area (Å²) in [6.07, 6.45) is 1.56. The lowest BCUT2D eigenvalue weighted by Gasteiger charge is -1.98. The molecule has 9 heavy (non-hydrogen) atoms. The predicted molar refractivity (Wildman–Crippen MR) is 38.8 cm³/mol. The minimum Gasteiger partial charge on any atom is -0.399 e. The largest absolute Gasteiger partial charge is 0.399 e. The molecule has 0 amide bonds. The number of aromatic nitrogens is 1. The first-order valence-electron chi connectivity index (χ1n) is 2.68. The van der Waals surface area contributed by atoms with Crippen LogP contribution in [0.15, 0.2) is 12.3 Å². The average molecular weight is 118 g/mol. The van der Waals surface area contributed by atoms with Gasteiger partial charge in [0.2, 0.25) is 0 Å². The van der Waals surface area contributed by atoms with Crippen LogP contribution >= 0.6 is 0 Å². The Labute approximate surface area is 55.5 Å². The molecule has 0 aromatic carbocycles. The number of pyridine rings is 1. The zero-order valence-corrected chi connectivity index (χ0v) is 5.26. The van der Waals surface area contributed by atoms with E-state index in [9.17, 15) is 0 Å². The number of aryl methyl sites for hydroxylation is 1. The van der Waals surface area contributed by atoms with Crippen molar-refractivity contribution in [1.82, 2.24) is 4.98 Å². The summed E-state index contributed by atoms with van der Waals surface area (Å²) in [6.45, 7) is 1.87. The molecule has 0 fully saturated rings. The first kappa shape index (κ1) is 6.14. The molecule has 1 aromatic heterocycles. The molecule has 2 nitrogen and oxygen atoms in total. The van der Waals surface area contributed by atoms with E-state index in [2.05, 4.69) is 4.98 Å². The number of rotatable bonds is 0. The maximum Gasteiger partial charge on any atom is 0.118 e. The van der Waals surface area contributed by atoms with Gasteiger partial charge in [0, 0.05) is 17.6 Å². The van der Waals surface area contributed by atoms with E-state index in [1.165, 1.54) is 0 Å². The van der Waals surface area contributed by atoms with Crippen molar-refractivity contribution in [3.05, 3.63) is 18.0 Å². The summed E-state index contributed by atoms with van der Waals surface area (Å²) in [5.41, 5.74) is 7.49. The fourth-order valence-corrected chi connectivity index (χ4v) is 0.592. The number of nitrogen functional groups attached to an aromatic ring is 1. The van der Waals surface area contributed by atoms with E-state index in [0.717, 1.165) is 5.69 Å². The van der Waals surface area contributed by atoms with Gasteiger partial charge in [0.05, 0.1) is 0 Å². The second-order valence-electron chi connectivity index (χ2n) is 1.95. The third-order valence-electron chi connectivity index (χ3n) is 1.10. The van der Waals surface area contributed by atoms with Gasteiger partial charge in [0.1, 0.15) is 7.85 Å². The zero-order valence-electron chi connectivity index (χ0n) is 5.26. The highest BCUT2D eigenvalue weighted by atomic mass is 14.7. The van der Waals surface area contributed by atoms with Crippen molar-refractivity contribution in [2.75, 3.05) is 5.73 Å². The van der Waals surface area contributed by atoms with Crippen molar-refractivity contribution in [2.45, 2.75) is 6.92 Å². The van der Waals surface area contributed by atoms with Crippen LogP contribution in [-0.4, -0.2) is 12.8 Å². The molecule has 0 aliphatic carbocycles. The first-order chi connectivity index (χ1) is 4.20. The molecule has 44 valence electrons. The predicted octanol–water partition coefficient (Wildman–Crippen LogP) is -0.234. The minimum absolute atomic E-state index is 0.542. The lowest BCUT2D eigenvalue weighted by Crippen LogP contribution is -2.10. The van der Waals surface area contributed by atoms with Gasteiger partial charge in [-0.3, -0.25) is 4.98 Å². The molecule has 3 heteroatoms. The van der Waals surface area contributed by atoms with Gasteiger partial charge in [0.15, 0.2) is 0 Å². The molecular formula is C6H7BN2. The second kappa shape index (κ2) is 2.09. The Morgan fingerprint density at radius 1 is 1.67 bits per heavy atom. The summed E-state index contributed by atoms with van der Waals surface area (Å²) in [4.78, 5) is 3.93. The molecule has 0 aliphatic heterocycles. The summed E-state index contributed by atoms with van der Waals surface area (Å²) in [7, 11) is 5.40. The summed E-state index contributed by atoms with van der Waals surface area (Å²) in [5, 5.41) is 0. The zero-order chi connectivity index (χ0) is 6.85. The summed E-state index contributed by atoms with van der Waals surface area (Å²) < 4.78 is 0. The lowest BCUT2D eigenvalue weighted by atomic mass is 9.96. The Kier molecular flexibility index (Phi) is 1.43.